The molecule has 2 aromatic carbocycles. The molecule has 1 aliphatic rings. The Morgan fingerprint density at radius 1 is 0.900 bits per heavy atom. The lowest BCUT2D eigenvalue weighted by Crippen LogP contribution is -2.50. The fourth-order valence-corrected chi connectivity index (χ4v) is 3.50. The van der Waals surface area contributed by atoms with Crippen LogP contribution in [-0.2, 0) is 4.79 Å². The van der Waals surface area contributed by atoms with Gasteiger partial charge in [-0.1, -0.05) is 36.4 Å². The number of carbonyl (C=O) groups is 2. The van der Waals surface area contributed by atoms with E-state index in [2.05, 4.69) is 27.5 Å². The average molecular weight is 416 g/mol. The van der Waals surface area contributed by atoms with Crippen LogP contribution >= 0.6 is 0 Å². The summed E-state index contributed by atoms with van der Waals surface area (Å²) in [5.74, 6) is -2.86. The first kappa shape index (κ1) is 21.9. The largest absolute Gasteiger partial charge is 0.353 e. The summed E-state index contributed by atoms with van der Waals surface area (Å²) in [5.41, 5.74) is 0.278. The Bertz CT molecular complexity index is 850. The second kappa shape index (κ2) is 10.3. The molecule has 1 saturated heterocycles. The van der Waals surface area contributed by atoms with Crippen molar-refractivity contribution in [1.82, 2.24) is 20.4 Å². The van der Waals surface area contributed by atoms with E-state index in [1.54, 1.807) is 0 Å². The minimum atomic E-state index is -0.921. The highest BCUT2D eigenvalue weighted by atomic mass is 19.1. The number of rotatable bonds is 7. The normalized spacial score (nSPS) is 16.1. The molecule has 1 unspecified atom stereocenters. The van der Waals surface area contributed by atoms with Gasteiger partial charge in [0.25, 0.3) is 5.91 Å². The van der Waals surface area contributed by atoms with Gasteiger partial charge in [-0.2, -0.15) is 0 Å². The molecule has 0 radical (unpaired) electrons. The third-order valence-electron chi connectivity index (χ3n) is 5.17. The van der Waals surface area contributed by atoms with Crippen LogP contribution in [0.1, 0.15) is 22.0 Å². The first-order chi connectivity index (χ1) is 14.5. The smallest absolute Gasteiger partial charge is 0.257 e. The molecule has 2 aromatic rings. The maximum absolute atomic E-state index is 13.7. The number of piperazine rings is 1. The Morgan fingerprint density at radius 2 is 1.50 bits per heavy atom. The highest BCUT2D eigenvalue weighted by Crippen LogP contribution is 2.22. The molecule has 0 aliphatic carbocycles. The third-order valence-corrected chi connectivity index (χ3v) is 5.17. The molecule has 30 heavy (non-hydrogen) atoms. The SMILES string of the molecule is CN1CCN(C(C(=O)NCCNC(=O)c2c(F)cccc2F)c2ccccc2)CC1. The molecular weight excluding hydrogens is 390 g/mol. The summed E-state index contributed by atoms with van der Waals surface area (Å²) in [4.78, 5) is 29.3. The van der Waals surface area contributed by atoms with Crippen molar-refractivity contribution >= 4 is 11.8 Å². The molecule has 2 N–H and O–H groups in total. The van der Waals surface area contributed by atoms with Gasteiger partial charge in [0.15, 0.2) is 0 Å². The van der Waals surface area contributed by atoms with E-state index in [0.29, 0.717) is 0 Å². The fraction of sp³-hybridized carbons (Fsp3) is 0.364. The summed E-state index contributed by atoms with van der Waals surface area (Å²) in [5, 5.41) is 5.28. The van der Waals surface area contributed by atoms with Crippen LogP contribution in [-0.4, -0.2) is 67.9 Å². The monoisotopic (exact) mass is 416 g/mol. The number of halogens is 2. The highest BCUT2D eigenvalue weighted by Gasteiger charge is 2.29. The number of amides is 2. The van der Waals surface area contributed by atoms with E-state index in [-0.39, 0.29) is 19.0 Å². The quantitative estimate of drug-likeness (QED) is 0.676. The Labute approximate surface area is 174 Å². The van der Waals surface area contributed by atoms with Crippen molar-refractivity contribution in [2.75, 3.05) is 46.3 Å². The first-order valence-corrected chi connectivity index (χ1v) is 9.95. The molecule has 0 spiro atoms. The summed E-state index contributed by atoms with van der Waals surface area (Å²) < 4.78 is 27.4. The molecular formula is C22H26F2N4O2. The van der Waals surface area contributed by atoms with Gasteiger partial charge in [0.05, 0.1) is 0 Å². The molecule has 0 bridgehead atoms. The highest BCUT2D eigenvalue weighted by molar-refractivity contribution is 5.94. The molecule has 1 aliphatic heterocycles. The zero-order valence-corrected chi connectivity index (χ0v) is 16.9. The summed E-state index contributed by atoms with van der Waals surface area (Å²) in [6.45, 7) is 3.50. The Balaban J connectivity index is 1.57. The number of carbonyl (C=O) groups excluding carboxylic acids is 2. The van der Waals surface area contributed by atoms with Crippen LogP contribution in [0.15, 0.2) is 48.5 Å². The Morgan fingerprint density at radius 3 is 2.13 bits per heavy atom. The van der Waals surface area contributed by atoms with Crippen LogP contribution in [0, 0.1) is 11.6 Å². The van der Waals surface area contributed by atoms with Gasteiger partial charge in [-0.05, 0) is 24.7 Å². The van der Waals surface area contributed by atoms with E-state index in [1.165, 1.54) is 6.07 Å². The molecule has 3 rings (SSSR count). The standard InChI is InChI=1S/C22H26F2N4O2/c1-27-12-14-28(15-13-27)20(16-6-3-2-4-7-16)22(30)26-11-10-25-21(29)19-17(23)8-5-9-18(19)24/h2-9,20H,10-15H2,1H3,(H,25,29)(H,26,30). The number of benzene rings is 2. The number of hydrogen-bond donors (Lipinski definition) is 2. The van der Waals surface area contributed by atoms with Crippen molar-refractivity contribution in [2.45, 2.75) is 6.04 Å². The van der Waals surface area contributed by atoms with E-state index in [9.17, 15) is 18.4 Å². The van der Waals surface area contributed by atoms with Crippen LogP contribution in [0.2, 0.25) is 0 Å². The van der Waals surface area contributed by atoms with Gasteiger partial charge in [-0.25, -0.2) is 8.78 Å². The number of nitrogens with zero attached hydrogens (tertiary/aromatic N) is 2. The zero-order valence-electron chi connectivity index (χ0n) is 16.9. The van der Waals surface area contributed by atoms with Crippen molar-refractivity contribution in [1.29, 1.82) is 0 Å². The van der Waals surface area contributed by atoms with Crippen molar-refractivity contribution in [3.8, 4) is 0 Å². The number of nitrogens with one attached hydrogen (secondary N) is 2. The van der Waals surface area contributed by atoms with Gasteiger partial charge >= 0.3 is 0 Å². The zero-order chi connectivity index (χ0) is 21.5. The van der Waals surface area contributed by atoms with Gasteiger partial charge in [-0.3, -0.25) is 14.5 Å². The van der Waals surface area contributed by atoms with Crippen LogP contribution in [0.5, 0.6) is 0 Å². The summed E-state index contributed by atoms with van der Waals surface area (Å²) in [6, 6.07) is 12.4. The minimum Gasteiger partial charge on any atom is -0.353 e. The topological polar surface area (TPSA) is 64.7 Å². The first-order valence-electron chi connectivity index (χ1n) is 9.95. The molecule has 1 fully saturated rings. The predicted octanol–water partition coefficient (Wildman–Crippen LogP) is 1.80. The van der Waals surface area contributed by atoms with E-state index in [1.807, 2.05) is 30.3 Å². The number of hydrogen-bond acceptors (Lipinski definition) is 4. The van der Waals surface area contributed by atoms with E-state index >= 15 is 0 Å². The van der Waals surface area contributed by atoms with Gasteiger partial charge < -0.3 is 15.5 Å². The average Bonchev–Trinajstić information content (AvgIpc) is 2.73. The Kier molecular flexibility index (Phi) is 7.48. The van der Waals surface area contributed by atoms with Gasteiger partial charge in [-0.15, -0.1) is 0 Å². The molecule has 6 nitrogen and oxygen atoms in total. The van der Waals surface area contributed by atoms with Crippen LogP contribution < -0.4 is 10.6 Å². The lowest BCUT2D eigenvalue weighted by molar-refractivity contribution is -0.127. The summed E-state index contributed by atoms with van der Waals surface area (Å²) in [7, 11) is 2.05. The van der Waals surface area contributed by atoms with E-state index in [4.69, 9.17) is 0 Å². The lowest BCUT2D eigenvalue weighted by Gasteiger charge is -2.37. The molecule has 2 amide bonds. The van der Waals surface area contributed by atoms with Crippen molar-refractivity contribution in [3.63, 3.8) is 0 Å². The van der Waals surface area contributed by atoms with Crippen LogP contribution in [0.25, 0.3) is 0 Å². The van der Waals surface area contributed by atoms with Crippen molar-refractivity contribution < 1.29 is 18.4 Å². The molecule has 1 heterocycles. The van der Waals surface area contributed by atoms with Gasteiger partial charge in [0.1, 0.15) is 23.2 Å². The predicted molar refractivity (Wildman–Crippen MR) is 110 cm³/mol. The molecule has 8 heteroatoms. The summed E-state index contributed by atoms with van der Waals surface area (Å²) >= 11 is 0. The number of likely N-dealkylation sites (N-methyl/N-ethyl adjacent to an activating group) is 1. The van der Waals surface area contributed by atoms with Crippen molar-refractivity contribution in [3.05, 3.63) is 71.3 Å². The molecule has 1 atom stereocenters. The molecule has 0 saturated carbocycles. The van der Waals surface area contributed by atoms with Gasteiger partial charge in [0.2, 0.25) is 5.91 Å². The fourth-order valence-electron chi connectivity index (χ4n) is 3.50. The summed E-state index contributed by atoms with van der Waals surface area (Å²) in [6.07, 6.45) is 0. The maximum Gasteiger partial charge on any atom is 0.257 e. The van der Waals surface area contributed by atoms with E-state index in [0.717, 1.165) is 43.9 Å². The molecule has 0 aromatic heterocycles. The molecule has 160 valence electrons. The van der Waals surface area contributed by atoms with E-state index < -0.39 is 29.1 Å². The van der Waals surface area contributed by atoms with Crippen LogP contribution in [0.4, 0.5) is 8.78 Å². The maximum atomic E-state index is 13.7. The minimum absolute atomic E-state index is 0.0581. The third kappa shape index (κ3) is 5.40. The second-order valence-electron chi connectivity index (χ2n) is 7.30. The Hall–Kier alpha value is -2.84. The second-order valence-corrected chi connectivity index (χ2v) is 7.30. The lowest BCUT2D eigenvalue weighted by atomic mass is 10.0. The van der Waals surface area contributed by atoms with Crippen LogP contribution in [0.3, 0.4) is 0 Å². The van der Waals surface area contributed by atoms with Crippen molar-refractivity contribution in [2.24, 2.45) is 0 Å². The van der Waals surface area contributed by atoms with Gasteiger partial charge in [0, 0.05) is 39.3 Å².